The van der Waals surface area contributed by atoms with E-state index in [9.17, 15) is 73.2 Å². The number of hydrogen-bond acceptors (Lipinski definition) is 21. The zero-order valence-electron chi connectivity index (χ0n) is 45.1. The van der Waals surface area contributed by atoms with E-state index in [1.54, 1.807) is 6.92 Å². The average molecular weight is 1200 g/mol. The number of nitrogens with zero attached hydrogens (tertiary/aromatic N) is 4. The predicted molar refractivity (Wildman–Crippen MR) is 283 cm³/mol. The van der Waals surface area contributed by atoms with E-state index >= 15 is 0 Å². The molecule has 1 saturated heterocycles. The molecule has 13 N–H and O–H groups in total. The van der Waals surface area contributed by atoms with Crippen LogP contribution in [0, 0.1) is 51.8 Å². The number of phosphoric ester groups is 3. The summed E-state index contributed by atoms with van der Waals surface area (Å²) in [6, 6.07) is 0. The fraction of sp³-hybridized carbons (Fsp3) is 0.792. The Kier molecular flexibility index (Phi) is 20.3. The molecule has 3 heterocycles. The first-order chi connectivity index (χ1) is 36.8. The van der Waals surface area contributed by atoms with Crippen molar-refractivity contribution in [2.75, 3.05) is 37.8 Å². The van der Waals surface area contributed by atoms with Crippen molar-refractivity contribution in [3.05, 3.63) is 24.3 Å². The van der Waals surface area contributed by atoms with Crippen LogP contribution in [0.3, 0.4) is 0 Å². The number of aliphatic hydroxyl groups excluding tert-OH is 5. The van der Waals surface area contributed by atoms with Gasteiger partial charge < -0.3 is 66.2 Å². The van der Waals surface area contributed by atoms with Crippen LogP contribution in [-0.2, 0) is 50.7 Å². The van der Waals surface area contributed by atoms with Crippen molar-refractivity contribution in [2.24, 2.45) is 51.8 Å². The number of nitrogens with one attached hydrogen (secondary N) is 2. The van der Waals surface area contributed by atoms with Gasteiger partial charge in [0.1, 0.15) is 36.3 Å². The number of nitrogens with two attached hydrogens (primary N) is 1. The van der Waals surface area contributed by atoms with E-state index in [-0.39, 0.29) is 99.8 Å². The molecule has 7 rings (SSSR count). The number of nitrogen functional groups attached to an aromatic ring is 1. The molecule has 0 bridgehead atoms. The third kappa shape index (κ3) is 14.6. The number of aromatic nitrogens is 4. The van der Waals surface area contributed by atoms with Crippen LogP contribution in [0.4, 0.5) is 5.82 Å². The number of fused-ring (bicyclic) bond motifs is 6. The minimum atomic E-state index is -5.61. The second kappa shape index (κ2) is 25.2. The number of rotatable bonds is 24. The van der Waals surface area contributed by atoms with Crippen LogP contribution < -0.4 is 16.4 Å². The van der Waals surface area contributed by atoms with Crippen molar-refractivity contribution >= 4 is 69.1 Å². The summed E-state index contributed by atoms with van der Waals surface area (Å²) in [4.78, 5) is 89.8. The zero-order valence-corrected chi connectivity index (χ0v) is 48.6. The van der Waals surface area contributed by atoms with Gasteiger partial charge in [-0.15, -0.1) is 0 Å². The maximum absolute atomic E-state index is 13.0. The van der Waals surface area contributed by atoms with Gasteiger partial charge in [0.2, 0.25) is 16.9 Å². The lowest BCUT2D eigenvalue weighted by atomic mass is 9.43. The van der Waals surface area contributed by atoms with Gasteiger partial charge in [0.05, 0.1) is 37.9 Å². The normalized spacial score (nSPS) is 34.4. The fourth-order valence-corrected chi connectivity index (χ4v) is 16.9. The second-order valence-electron chi connectivity index (χ2n) is 23.2. The van der Waals surface area contributed by atoms with Gasteiger partial charge in [-0.1, -0.05) is 52.5 Å². The first-order valence-electron chi connectivity index (χ1n) is 26.6. The third-order valence-electron chi connectivity index (χ3n) is 17.7. The topological polar surface area (TPSA) is 424 Å². The fourth-order valence-electron chi connectivity index (χ4n) is 13.4. The van der Waals surface area contributed by atoms with Crippen molar-refractivity contribution in [1.29, 1.82) is 0 Å². The summed E-state index contributed by atoms with van der Waals surface area (Å²) in [6.07, 6.45) is 0.951. The maximum atomic E-state index is 13.0. The number of anilines is 1. The first-order valence-corrected chi connectivity index (χ1v) is 32.1. The SMILES string of the molecule is C/C(=C/CC[C@@H](C)[C@H]1CC[C@H]2[C@@H]3[C@H](O)C[C@@H]4C[C@H](O)CC[C@]4(C)[C@H]3C[C@H](O)[C@]12C)C(=O)SCCNC(=O)CCNC(=O)[C@H](O)C(C)(C)COP(=O)(O)OP(=O)(O)OC[C@H]1O[C@@H](n2cnc3c(N)ncnc32)[C@H](O)[C@@H]1OP(=O)(O)O. The van der Waals surface area contributed by atoms with Gasteiger partial charge >= 0.3 is 23.5 Å². The molecule has 31 heteroatoms. The molecule has 5 aliphatic rings. The second-order valence-corrected chi connectivity index (χ2v) is 28.5. The van der Waals surface area contributed by atoms with E-state index in [4.69, 9.17) is 19.5 Å². The quantitative estimate of drug-likeness (QED) is 0.0408. The highest BCUT2D eigenvalue weighted by molar-refractivity contribution is 8.14. The Morgan fingerprint density at radius 1 is 0.975 bits per heavy atom. The van der Waals surface area contributed by atoms with Crippen LogP contribution in [0.15, 0.2) is 24.3 Å². The number of ether oxygens (including phenoxy) is 1. The number of hydrogen-bond donors (Lipinski definition) is 12. The Morgan fingerprint density at radius 3 is 2.39 bits per heavy atom. The van der Waals surface area contributed by atoms with Crippen molar-refractivity contribution in [3.63, 3.8) is 0 Å². The molecule has 79 heavy (non-hydrogen) atoms. The summed E-state index contributed by atoms with van der Waals surface area (Å²) < 4.78 is 62.8. The number of carbonyl (C=O) groups excluding carboxylic acids is 3. The number of allylic oxidation sites excluding steroid dienone is 1. The monoisotopic (exact) mass is 1200 g/mol. The smallest absolute Gasteiger partial charge is 0.393 e. The molecule has 0 spiro atoms. The van der Waals surface area contributed by atoms with E-state index in [1.807, 2.05) is 6.08 Å². The van der Waals surface area contributed by atoms with Gasteiger partial charge in [-0.05, 0) is 117 Å². The third-order valence-corrected chi connectivity index (χ3v) is 21.7. The molecule has 0 aromatic carbocycles. The van der Waals surface area contributed by atoms with E-state index in [0.717, 1.165) is 67.5 Å². The summed E-state index contributed by atoms with van der Waals surface area (Å²) in [5, 5.41) is 60.6. The molecule has 2 aromatic rings. The van der Waals surface area contributed by atoms with Crippen LogP contribution in [0.5, 0.6) is 0 Å². The lowest BCUT2D eigenvalue weighted by Gasteiger charge is -2.63. The number of aliphatic hydroxyl groups is 5. The average Bonchev–Trinajstić information content (AvgIpc) is 3.87. The van der Waals surface area contributed by atoms with Crippen molar-refractivity contribution < 1.29 is 95.8 Å². The van der Waals surface area contributed by atoms with Crippen molar-refractivity contribution in [3.8, 4) is 0 Å². The van der Waals surface area contributed by atoms with E-state index in [2.05, 4.69) is 55.2 Å². The van der Waals surface area contributed by atoms with Crippen molar-refractivity contribution in [1.82, 2.24) is 30.2 Å². The molecule has 4 aliphatic carbocycles. The lowest BCUT2D eigenvalue weighted by molar-refractivity contribution is -0.207. The van der Waals surface area contributed by atoms with E-state index in [1.165, 1.54) is 13.8 Å². The molecule has 18 atom stereocenters. The zero-order chi connectivity index (χ0) is 58.2. The Morgan fingerprint density at radius 2 is 1.68 bits per heavy atom. The van der Waals surface area contributed by atoms with Gasteiger partial charge in [-0.3, -0.25) is 32.5 Å². The molecular weight excluding hydrogens is 1120 g/mol. The number of phosphoric acid groups is 3. The van der Waals surface area contributed by atoms with E-state index < -0.39 is 96.8 Å². The molecule has 27 nitrogen and oxygen atoms in total. The van der Waals surface area contributed by atoms with Gasteiger partial charge in [-0.2, -0.15) is 4.31 Å². The molecule has 1 aliphatic heterocycles. The molecule has 0 radical (unpaired) electrons. The molecule has 2 amide bonds. The number of thioether (sulfide) groups is 1. The Bertz CT molecular complexity index is 2700. The van der Waals surface area contributed by atoms with Crippen LogP contribution in [-0.4, -0.2) is 156 Å². The van der Waals surface area contributed by atoms with Crippen LogP contribution in [0.1, 0.15) is 112 Å². The Labute approximate surface area is 462 Å². The first kappa shape index (κ1) is 63.8. The number of carbonyl (C=O) groups is 3. The molecule has 2 aromatic heterocycles. The van der Waals surface area contributed by atoms with Gasteiger partial charge in [0.15, 0.2) is 17.7 Å². The van der Waals surface area contributed by atoms with Crippen LogP contribution in [0.2, 0.25) is 0 Å². The number of amides is 2. The Balaban J connectivity index is 0.781. The molecule has 2 unspecified atom stereocenters. The van der Waals surface area contributed by atoms with E-state index in [0.29, 0.717) is 24.8 Å². The summed E-state index contributed by atoms with van der Waals surface area (Å²) >= 11 is 1.06. The number of imidazole rings is 1. The largest absolute Gasteiger partial charge is 0.481 e. The van der Waals surface area contributed by atoms with Crippen LogP contribution in [0.25, 0.3) is 11.2 Å². The van der Waals surface area contributed by atoms with Crippen LogP contribution >= 0.6 is 35.2 Å². The summed E-state index contributed by atoms with van der Waals surface area (Å²) in [6.45, 7) is 8.93. The molecular formula is C48H78N7O20P3S. The molecule has 4 saturated carbocycles. The van der Waals surface area contributed by atoms with Gasteiger partial charge in [-0.25, -0.2) is 28.6 Å². The summed E-state index contributed by atoms with van der Waals surface area (Å²) in [7, 11) is -16.5. The minimum Gasteiger partial charge on any atom is -0.393 e. The highest BCUT2D eigenvalue weighted by Gasteiger charge is 2.66. The lowest BCUT2D eigenvalue weighted by Crippen LogP contribution is -2.62. The molecule has 5 fully saturated rings. The highest BCUT2D eigenvalue weighted by Crippen LogP contribution is 2.68. The van der Waals surface area contributed by atoms with Crippen molar-refractivity contribution in [2.45, 2.75) is 155 Å². The highest BCUT2D eigenvalue weighted by atomic mass is 32.2. The summed E-state index contributed by atoms with van der Waals surface area (Å²) in [5.41, 5.74) is 4.54. The van der Waals surface area contributed by atoms with Gasteiger partial charge in [0, 0.05) is 30.7 Å². The minimum absolute atomic E-state index is 0.00939. The standard InChI is InChI=1S/C48H78N7O20P3S/c1-25(29-10-11-30-36-31(20-34(58)48(29,30)6)47(5)14-12-28(56)18-27(47)19-32(36)57)8-7-9-26(2)45(63)79-17-16-50-35(59)13-15-51-43(62)40(61)46(3,4)22-72-78(69,70)75-77(67,68)71-21-33-39(74-76(64,65)66)38(60)44(73-33)55-24-54-37-41(49)52-23-53-42(37)55/h9,23-25,27-34,36,38-40,44,56-58,60-61H,7-8,10-22H2,1-6H3,(H,50,59)(H,51,62)(H,67,68)(H,69,70)(H2,49,52,53)(H2,64,65,66)/b26-9-/t25-,27+,28-,29-,30+,31+,32-,33-,34+,36+,38-,39-,40+,44-,47+,48-/m1/s1. The van der Waals surface area contributed by atoms with Gasteiger partial charge in [0.25, 0.3) is 0 Å². The predicted octanol–water partition coefficient (Wildman–Crippen LogP) is 2.99. The Hall–Kier alpha value is -2.82. The maximum Gasteiger partial charge on any atom is 0.481 e. The molecule has 446 valence electrons. The summed E-state index contributed by atoms with van der Waals surface area (Å²) in [5.74, 6) is 0.199.